The summed E-state index contributed by atoms with van der Waals surface area (Å²) in [5.74, 6) is -2.04. The summed E-state index contributed by atoms with van der Waals surface area (Å²) >= 11 is 4.24. The molecule has 180 valence electrons. The third-order valence-corrected chi connectivity index (χ3v) is 4.42. The molecule has 2 rings (SSSR count). The SMILES string of the molecule is CCC1CC(COC)OC(C)(C)O1.COCC1CC(CC(=O)O)OC(C)(C)O1.II. The zero-order valence-corrected chi connectivity index (χ0v) is 23.4. The fraction of sp³-hybridized carbons (Fsp3) is 0.950. The van der Waals surface area contributed by atoms with Gasteiger partial charge in [0.15, 0.2) is 11.6 Å². The number of methoxy groups -OCH3 is 2. The van der Waals surface area contributed by atoms with Gasteiger partial charge in [0.05, 0.1) is 44.1 Å². The highest BCUT2D eigenvalue weighted by molar-refractivity contribution is 15.0. The summed E-state index contributed by atoms with van der Waals surface area (Å²) in [4.78, 5) is 10.6. The minimum absolute atomic E-state index is 0.00695. The van der Waals surface area contributed by atoms with Gasteiger partial charge in [-0.25, -0.2) is 0 Å². The lowest BCUT2D eigenvalue weighted by Gasteiger charge is -2.40. The summed E-state index contributed by atoms with van der Waals surface area (Å²) in [7, 11) is 3.30. The minimum Gasteiger partial charge on any atom is -0.481 e. The van der Waals surface area contributed by atoms with Crippen LogP contribution in [0.25, 0.3) is 0 Å². The van der Waals surface area contributed by atoms with E-state index in [1.807, 2.05) is 13.8 Å². The first-order valence-electron chi connectivity index (χ1n) is 10.1. The average Bonchev–Trinajstić information content (AvgIpc) is 2.61. The third-order valence-electron chi connectivity index (χ3n) is 4.42. The second-order valence-corrected chi connectivity index (χ2v) is 8.15. The summed E-state index contributed by atoms with van der Waals surface area (Å²) in [5, 5.41) is 8.70. The van der Waals surface area contributed by atoms with Gasteiger partial charge in [-0.1, -0.05) is 6.92 Å². The zero-order valence-electron chi connectivity index (χ0n) is 19.1. The van der Waals surface area contributed by atoms with E-state index in [9.17, 15) is 4.79 Å². The molecule has 2 heterocycles. The molecule has 0 radical (unpaired) electrons. The smallest absolute Gasteiger partial charge is 0.305 e. The van der Waals surface area contributed by atoms with Crippen LogP contribution in [-0.4, -0.2) is 74.5 Å². The van der Waals surface area contributed by atoms with Gasteiger partial charge in [0.1, 0.15) is 0 Å². The number of hydrogen-bond acceptors (Lipinski definition) is 7. The van der Waals surface area contributed by atoms with Crippen molar-refractivity contribution in [3.8, 4) is 0 Å². The van der Waals surface area contributed by atoms with Crippen molar-refractivity contribution in [1.29, 1.82) is 0 Å². The van der Waals surface area contributed by atoms with E-state index in [0.717, 1.165) is 12.8 Å². The highest BCUT2D eigenvalue weighted by Gasteiger charge is 2.36. The number of ether oxygens (including phenoxy) is 6. The van der Waals surface area contributed by atoms with Crippen molar-refractivity contribution in [1.82, 2.24) is 0 Å². The van der Waals surface area contributed by atoms with E-state index in [2.05, 4.69) is 44.2 Å². The van der Waals surface area contributed by atoms with Crippen LogP contribution in [-0.2, 0) is 33.2 Å². The molecule has 0 spiro atoms. The maximum Gasteiger partial charge on any atom is 0.305 e. The van der Waals surface area contributed by atoms with Crippen LogP contribution in [0, 0.1) is 0 Å². The van der Waals surface area contributed by atoms with E-state index < -0.39 is 17.5 Å². The van der Waals surface area contributed by atoms with E-state index >= 15 is 0 Å². The molecule has 2 fully saturated rings. The van der Waals surface area contributed by atoms with Crippen molar-refractivity contribution in [2.45, 2.75) is 96.3 Å². The van der Waals surface area contributed by atoms with Gasteiger partial charge in [-0.3, -0.25) is 4.79 Å². The highest BCUT2D eigenvalue weighted by atomic mass is 128. The Morgan fingerprint density at radius 1 is 0.867 bits per heavy atom. The van der Waals surface area contributed by atoms with Gasteiger partial charge in [0, 0.05) is 64.3 Å². The van der Waals surface area contributed by atoms with E-state index in [1.54, 1.807) is 28.1 Å². The summed E-state index contributed by atoms with van der Waals surface area (Å²) in [5.41, 5.74) is 0. The van der Waals surface area contributed by atoms with Crippen LogP contribution in [0.3, 0.4) is 0 Å². The molecule has 8 nitrogen and oxygen atoms in total. The van der Waals surface area contributed by atoms with Crippen molar-refractivity contribution in [3.63, 3.8) is 0 Å². The molecule has 0 aromatic rings. The van der Waals surface area contributed by atoms with Crippen molar-refractivity contribution in [3.05, 3.63) is 0 Å². The number of carboxylic acid groups (broad SMARTS) is 1. The maximum absolute atomic E-state index is 10.6. The van der Waals surface area contributed by atoms with Gasteiger partial charge in [0.25, 0.3) is 0 Å². The quantitative estimate of drug-likeness (QED) is 0.392. The van der Waals surface area contributed by atoms with Crippen LogP contribution in [0.5, 0.6) is 0 Å². The first-order valence-corrected chi connectivity index (χ1v) is 16.3. The Labute approximate surface area is 204 Å². The molecule has 2 saturated heterocycles. The van der Waals surface area contributed by atoms with Crippen LogP contribution in [0.2, 0.25) is 0 Å². The molecule has 4 unspecified atom stereocenters. The van der Waals surface area contributed by atoms with Crippen molar-refractivity contribution < 1.29 is 38.3 Å². The summed E-state index contributed by atoms with van der Waals surface area (Å²) in [6, 6.07) is 0. The Hall–Kier alpha value is 0.690. The molecule has 2 aliphatic heterocycles. The fourth-order valence-corrected chi connectivity index (χ4v) is 3.59. The second kappa shape index (κ2) is 15.5. The van der Waals surface area contributed by atoms with Gasteiger partial charge in [-0.05, 0) is 34.1 Å². The Morgan fingerprint density at radius 3 is 1.60 bits per heavy atom. The fourth-order valence-electron chi connectivity index (χ4n) is 3.59. The first-order chi connectivity index (χ1) is 14.0. The lowest BCUT2D eigenvalue weighted by molar-refractivity contribution is -0.305. The molecule has 0 saturated carbocycles. The van der Waals surface area contributed by atoms with Gasteiger partial charge in [-0.15, -0.1) is 0 Å². The molecule has 4 atom stereocenters. The molecule has 30 heavy (non-hydrogen) atoms. The predicted octanol–water partition coefficient (Wildman–Crippen LogP) is 4.74. The monoisotopic (exact) mass is 660 g/mol. The van der Waals surface area contributed by atoms with Gasteiger partial charge < -0.3 is 33.5 Å². The summed E-state index contributed by atoms with van der Waals surface area (Å²) in [6.07, 6.45) is 2.63. The normalized spacial score (nSPS) is 29.6. The Kier molecular flexibility index (Phi) is 15.9. The Morgan fingerprint density at radius 2 is 1.23 bits per heavy atom. The summed E-state index contributed by atoms with van der Waals surface area (Å²) in [6.45, 7) is 10.7. The van der Waals surface area contributed by atoms with Crippen LogP contribution >= 0.6 is 37.2 Å². The zero-order chi connectivity index (χ0) is 23.4. The van der Waals surface area contributed by atoms with Crippen molar-refractivity contribution in [2.75, 3.05) is 27.4 Å². The molecular formula is C20H38I2O8. The van der Waals surface area contributed by atoms with Crippen LogP contribution in [0.4, 0.5) is 0 Å². The number of aliphatic carboxylic acids is 1. The number of carbonyl (C=O) groups is 1. The number of rotatable bonds is 7. The van der Waals surface area contributed by atoms with Gasteiger partial charge >= 0.3 is 5.97 Å². The standard InChI is InChI=1S/C10H18O5.C10H20O3.I2/c1-10(2)14-7(5-9(11)12)4-8(15-10)6-13-3;1-5-8-6-9(7-11-4)13-10(2,3)12-8;1-2/h7-8H,4-6H2,1-3H3,(H,11,12);8-9H,5-7H2,1-4H3;. The van der Waals surface area contributed by atoms with E-state index in [0.29, 0.717) is 25.7 Å². The van der Waals surface area contributed by atoms with Crippen molar-refractivity contribution >= 4 is 43.2 Å². The Balaban J connectivity index is 0.000000522. The largest absolute Gasteiger partial charge is 0.481 e. The van der Waals surface area contributed by atoms with E-state index in [-0.39, 0.29) is 24.7 Å². The molecule has 0 amide bonds. The van der Waals surface area contributed by atoms with Crippen LogP contribution in [0.1, 0.15) is 60.3 Å². The van der Waals surface area contributed by atoms with Crippen LogP contribution < -0.4 is 0 Å². The number of carboxylic acids is 1. The predicted molar refractivity (Wildman–Crippen MR) is 131 cm³/mol. The lowest BCUT2D eigenvalue weighted by atomic mass is 10.1. The molecule has 0 bridgehead atoms. The molecule has 10 heteroatoms. The molecule has 0 aromatic carbocycles. The van der Waals surface area contributed by atoms with Crippen LogP contribution in [0.15, 0.2) is 0 Å². The molecule has 1 N–H and O–H groups in total. The van der Waals surface area contributed by atoms with Crippen molar-refractivity contribution in [2.24, 2.45) is 0 Å². The Bertz CT molecular complexity index is 476. The topological polar surface area (TPSA) is 92.7 Å². The number of hydrogen-bond donors (Lipinski definition) is 1. The summed E-state index contributed by atoms with van der Waals surface area (Å²) < 4.78 is 32.6. The highest BCUT2D eigenvalue weighted by Crippen LogP contribution is 2.29. The minimum atomic E-state index is -0.853. The maximum atomic E-state index is 10.6. The van der Waals surface area contributed by atoms with Gasteiger partial charge in [-0.2, -0.15) is 0 Å². The lowest BCUT2D eigenvalue weighted by Crippen LogP contribution is -2.46. The van der Waals surface area contributed by atoms with E-state index in [4.69, 9.17) is 33.5 Å². The second-order valence-electron chi connectivity index (χ2n) is 8.15. The number of halogens is 2. The molecular weight excluding hydrogens is 622 g/mol. The molecule has 0 aromatic heterocycles. The first kappa shape index (κ1) is 30.7. The molecule has 0 aliphatic carbocycles. The van der Waals surface area contributed by atoms with E-state index in [1.165, 1.54) is 0 Å². The molecule has 2 aliphatic rings. The average molecular weight is 660 g/mol. The third kappa shape index (κ3) is 13.3. The van der Waals surface area contributed by atoms with Gasteiger partial charge in [0.2, 0.25) is 0 Å².